The van der Waals surface area contributed by atoms with Crippen LogP contribution in [0.4, 0.5) is 5.69 Å². The first kappa shape index (κ1) is 14.1. The van der Waals surface area contributed by atoms with Crippen LogP contribution in [0, 0.1) is 0 Å². The number of aryl methyl sites for hydroxylation is 2. The van der Waals surface area contributed by atoms with E-state index in [1.54, 1.807) is 36.1 Å². The van der Waals surface area contributed by atoms with E-state index >= 15 is 0 Å². The Morgan fingerprint density at radius 3 is 2.95 bits per heavy atom. The summed E-state index contributed by atoms with van der Waals surface area (Å²) in [5.41, 5.74) is 2.00. The molecule has 6 heteroatoms. The standard InChI is InChI=1S/C13H13BrClN3O/c1-3-10-8(7-18(2)17-10)13(19)16-11-6-4-5-9(15)12(11)14/h4-7H,3H2,1-2H3,(H,16,19). The minimum atomic E-state index is -0.187. The van der Waals surface area contributed by atoms with Gasteiger partial charge >= 0.3 is 0 Å². The Morgan fingerprint density at radius 1 is 1.53 bits per heavy atom. The summed E-state index contributed by atoms with van der Waals surface area (Å²) in [5, 5.41) is 7.64. The third kappa shape index (κ3) is 2.98. The van der Waals surface area contributed by atoms with Crippen LogP contribution in [0.2, 0.25) is 5.02 Å². The van der Waals surface area contributed by atoms with Gasteiger partial charge in [0, 0.05) is 13.2 Å². The Labute approximate surface area is 124 Å². The first-order valence-electron chi connectivity index (χ1n) is 5.80. The number of hydrogen-bond acceptors (Lipinski definition) is 2. The van der Waals surface area contributed by atoms with E-state index in [0.717, 1.165) is 5.69 Å². The summed E-state index contributed by atoms with van der Waals surface area (Å²) in [7, 11) is 1.80. The monoisotopic (exact) mass is 341 g/mol. The molecule has 2 aromatic rings. The molecule has 1 aromatic heterocycles. The van der Waals surface area contributed by atoms with Crippen LogP contribution in [-0.2, 0) is 13.5 Å². The fourth-order valence-corrected chi connectivity index (χ4v) is 2.31. The molecule has 2 rings (SSSR count). The summed E-state index contributed by atoms with van der Waals surface area (Å²) in [6, 6.07) is 5.32. The number of aromatic nitrogens is 2. The Bertz CT molecular complexity index is 624. The normalized spacial score (nSPS) is 10.5. The van der Waals surface area contributed by atoms with Crippen molar-refractivity contribution < 1.29 is 4.79 Å². The molecular formula is C13H13BrClN3O. The Kier molecular flexibility index (Phi) is 4.27. The molecule has 1 N–H and O–H groups in total. The highest BCUT2D eigenvalue weighted by Gasteiger charge is 2.15. The van der Waals surface area contributed by atoms with E-state index in [1.807, 2.05) is 6.92 Å². The van der Waals surface area contributed by atoms with Crippen molar-refractivity contribution in [3.05, 3.63) is 45.1 Å². The second kappa shape index (κ2) is 5.75. The van der Waals surface area contributed by atoms with Crippen LogP contribution >= 0.6 is 27.5 Å². The average Bonchev–Trinajstić information content (AvgIpc) is 2.76. The van der Waals surface area contributed by atoms with Crippen LogP contribution in [0.1, 0.15) is 23.0 Å². The van der Waals surface area contributed by atoms with Crippen LogP contribution in [0.5, 0.6) is 0 Å². The second-order valence-corrected chi connectivity index (χ2v) is 5.27. The first-order valence-corrected chi connectivity index (χ1v) is 6.98. The number of hydrogen-bond donors (Lipinski definition) is 1. The average molecular weight is 343 g/mol. The molecule has 1 heterocycles. The van der Waals surface area contributed by atoms with Crippen molar-refractivity contribution in [2.24, 2.45) is 7.05 Å². The van der Waals surface area contributed by atoms with Crippen LogP contribution in [-0.4, -0.2) is 15.7 Å². The van der Waals surface area contributed by atoms with Gasteiger partial charge in [-0.2, -0.15) is 5.10 Å². The van der Waals surface area contributed by atoms with Crippen molar-refractivity contribution in [2.45, 2.75) is 13.3 Å². The SMILES string of the molecule is CCc1nn(C)cc1C(=O)Nc1cccc(Cl)c1Br. The Morgan fingerprint density at radius 2 is 2.26 bits per heavy atom. The molecular weight excluding hydrogens is 330 g/mol. The minimum absolute atomic E-state index is 0.187. The number of carbonyl (C=O) groups is 1. The summed E-state index contributed by atoms with van der Waals surface area (Å²) in [6.07, 6.45) is 2.42. The molecule has 0 aliphatic rings. The van der Waals surface area contributed by atoms with Gasteiger partial charge in [-0.3, -0.25) is 9.48 Å². The summed E-state index contributed by atoms with van der Waals surface area (Å²) < 4.78 is 2.31. The van der Waals surface area contributed by atoms with E-state index in [1.165, 1.54) is 0 Å². The highest BCUT2D eigenvalue weighted by atomic mass is 79.9. The van der Waals surface area contributed by atoms with E-state index in [-0.39, 0.29) is 5.91 Å². The van der Waals surface area contributed by atoms with Gasteiger partial charge in [-0.25, -0.2) is 0 Å². The molecule has 4 nitrogen and oxygen atoms in total. The number of nitrogens with zero attached hydrogens (tertiary/aromatic N) is 2. The number of carbonyl (C=O) groups excluding carboxylic acids is 1. The van der Waals surface area contributed by atoms with E-state index < -0.39 is 0 Å². The zero-order valence-corrected chi connectivity index (χ0v) is 12.9. The fraction of sp³-hybridized carbons (Fsp3) is 0.231. The molecule has 0 fully saturated rings. The molecule has 0 saturated carbocycles. The van der Waals surface area contributed by atoms with Crippen molar-refractivity contribution in [1.82, 2.24) is 9.78 Å². The molecule has 0 aliphatic carbocycles. The number of rotatable bonds is 3. The van der Waals surface area contributed by atoms with Gasteiger partial charge in [0.15, 0.2) is 0 Å². The molecule has 0 spiro atoms. The van der Waals surface area contributed by atoms with Crippen molar-refractivity contribution in [3.8, 4) is 0 Å². The molecule has 19 heavy (non-hydrogen) atoms. The van der Waals surface area contributed by atoms with Crippen molar-refractivity contribution in [1.29, 1.82) is 0 Å². The lowest BCUT2D eigenvalue weighted by molar-refractivity contribution is 0.102. The molecule has 100 valence electrons. The van der Waals surface area contributed by atoms with Gasteiger partial charge in [0.25, 0.3) is 5.91 Å². The van der Waals surface area contributed by atoms with Crippen molar-refractivity contribution in [2.75, 3.05) is 5.32 Å². The molecule has 0 aliphatic heterocycles. The number of benzene rings is 1. The number of nitrogens with one attached hydrogen (secondary N) is 1. The highest BCUT2D eigenvalue weighted by molar-refractivity contribution is 9.10. The number of anilines is 1. The molecule has 0 saturated heterocycles. The van der Waals surface area contributed by atoms with Crippen LogP contribution in [0.3, 0.4) is 0 Å². The van der Waals surface area contributed by atoms with Gasteiger partial charge in [0.1, 0.15) is 0 Å². The summed E-state index contributed by atoms with van der Waals surface area (Å²) >= 11 is 9.35. The van der Waals surface area contributed by atoms with Crippen LogP contribution in [0.25, 0.3) is 0 Å². The highest BCUT2D eigenvalue weighted by Crippen LogP contribution is 2.30. The predicted molar refractivity (Wildman–Crippen MR) is 79.7 cm³/mol. The fourth-order valence-electron chi connectivity index (χ4n) is 1.78. The lowest BCUT2D eigenvalue weighted by Crippen LogP contribution is -2.13. The summed E-state index contributed by atoms with van der Waals surface area (Å²) in [4.78, 5) is 12.2. The maximum absolute atomic E-state index is 12.2. The zero-order chi connectivity index (χ0) is 14.0. The van der Waals surface area contributed by atoms with Crippen LogP contribution in [0.15, 0.2) is 28.9 Å². The Hall–Kier alpha value is -1.33. The van der Waals surface area contributed by atoms with Gasteiger partial charge in [0.2, 0.25) is 0 Å². The first-order chi connectivity index (χ1) is 9.02. The van der Waals surface area contributed by atoms with Gasteiger partial charge < -0.3 is 5.32 Å². The molecule has 1 amide bonds. The van der Waals surface area contributed by atoms with Crippen LogP contribution < -0.4 is 5.32 Å². The lowest BCUT2D eigenvalue weighted by Gasteiger charge is -2.08. The van der Waals surface area contributed by atoms with Gasteiger partial charge in [-0.15, -0.1) is 0 Å². The quantitative estimate of drug-likeness (QED) is 0.925. The minimum Gasteiger partial charge on any atom is -0.321 e. The third-order valence-electron chi connectivity index (χ3n) is 2.68. The molecule has 0 radical (unpaired) electrons. The predicted octanol–water partition coefficient (Wildman–Crippen LogP) is 3.65. The Balaban J connectivity index is 2.28. The molecule has 0 unspecified atom stereocenters. The molecule has 0 bridgehead atoms. The zero-order valence-electron chi connectivity index (χ0n) is 10.6. The van der Waals surface area contributed by atoms with E-state index in [0.29, 0.717) is 27.2 Å². The van der Waals surface area contributed by atoms with E-state index in [4.69, 9.17) is 11.6 Å². The maximum atomic E-state index is 12.2. The topological polar surface area (TPSA) is 46.9 Å². The third-order valence-corrected chi connectivity index (χ3v) is 4.08. The summed E-state index contributed by atoms with van der Waals surface area (Å²) in [6.45, 7) is 1.97. The maximum Gasteiger partial charge on any atom is 0.259 e. The lowest BCUT2D eigenvalue weighted by atomic mass is 10.2. The molecule has 1 aromatic carbocycles. The van der Waals surface area contributed by atoms with E-state index in [9.17, 15) is 4.79 Å². The van der Waals surface area contributed by atoms with Gasteiger partial charge in [-0.1, -0.05) is 24.6 Å². The number of halogens is 2. The van der Waals surface area contributed by atoms with Gasteiger partial charge in [-0.05, 0) is 34.5 Å². The number of amides is 1. The largest absolute Gasteiger partial charge is 0.321 e. The van der Waals surface area contributed by atoms with Crippen molar-refractivity contribution in [3.63, 3.8) is 0 Å². The summed E-state index contributed by atoms with van der Waals surface area (Å²) in [5.74, 6) is -0.187. The second-order valence-electron chi connectivity index (χ2n) is 4.07. The van der Waals surface area contributed by atoms with Crippen molar-refractivity contribution >= 4 is 39.1 Å². The smallest absolute Gasteiger partial charge is 0.259 e. The molecule has 0 atom stereocenters. The van der Waals surface area contributed by atoms with Gasteiger partial charge in [0.05, 0.1) is 26.4 Å². The van der Waals surface area contributed by atoms with E-state index in [2.05, 4.69) is 26.3 Å².